The molecule has 0 saturated carbocycles. The molecule has 1 saturated heterocycles. The van der Waals surface area contributed by atoms with E-state index in [1.165, 1.54) is 16.7 Å². The van der Waals surface area contributed by atoms with Crippen molar-refractivity contribution in [3.63, 3.8) is 0 Å². The van der Waals surface area contributed by atoms with Crippen molar-refractivity contribution in [2.75, 3.05) is 0 Å². The molecule has 2 aromatic carbocycles. The predicted molar refractivity (Wildman–Crippen MR) is 115 cm³/mol. The van der Waals surface area contributed by atoms with E-state index in [1.807, 2.05) is 18.2 Å². The number of halogens is 1. The highest BCUT2D eigenvalue weighted by Crippen LogP contribution is 2.40. The Kier molecular flexibility index (Phi) is 5.86. The second kappa shape index (κ2) is 7.83. The fraction of sp³-hybridized carbons (Fsp3) is 0.391. The number of hydrogen-bond acceptors (Lipinski definition) is 2. The number of hydrogen-bond donors (Lipinski definition) is 0. The summed E-state index contributed by atoms with van der Waals surface area (Å²) in [6, 6.07) is 18.5. The minimum absolute atomic E-state index is 0.205. The van der Waals surface area contributed by atoms with Crippen LogP contribution in [0.3, 0.4) is 0 Å². The Morgan fingerprint density at radius 3 is 2.07 bits per heavy atom. The third-order valence-corrected chi connectivity index (χ3v) is 5.98. The highest BCUT2D eigenvalue weighted by Gasteiger charge is 2.51. The zero-order valence-electron chi connectivity index (χ0n) is 16.8. The molecule has 0 aromatic heterocycles. The van der Waals surface area contributed by atoms with Crippen LogP contribution >= 0.6 is 11.6 Å². The summed E-state index contributed by atoms with van der Waals surface area (Å²) in [5.74, 6) is 0.205. The molecule has 0 aliphatic carbocycles. The van der Waals surface area contributed by atoms with Crippen molar-refractivity contribution in [1.82, 2.24) is 0 Å². The summed E-state index contributed by atoms with van der Waals surface area (Å²) >= 11 is 6.03. The van der Waals surface area contributed by atoms with Gasteiger partial charge in [0.05, 0.1) is 11.2 Å². The number of benzene rings is 2. The third kappa shape index (κ3) is 4.66. The van der Waals surface area contributed by atoms with Gasteiger partial charge in [0.2, 0.25) is 0 Å². The maximum Gasteiger partial charge on any atom is 0.458 e. The first-order valence-electron chi connectivity index (χ1n) is 9.53. The molecule has 1 heterocycles. The zero-order chi connectivity index (χ0) is 19.7. The Hall–Kier alpha value is -1.55. The van der Waals surface area contributed by atoms with Gasteiger partial charge in [-0.25, -0.2) is 0 Å². The fourth-order valence-corrected chi connectivity index (χ4v) is 3.51. The van der Waals surface area contributed by atoms with Crippen molar-refractivity contribution >= 4 is 24.3 Å². The SMILES string of the molecule is C/C(=C\C(CB1OC(C)(C)C(C)(C)O1)c1ccccc1)c1ccc(Cl)cc1. The van der Waals surface area contributed by atoms with E-state index >= 15 is 0 Å². The molecule has 0 N–H and O–H groups in total. The maximum atomic E-state index is 6.25. The molecular formula is C23H28BClO2. The van der Waals surface area contributed by atoms with Crippen LogP contribution in [0.2, 0.25) is 11.3 Å². The highest BCUT2D eigenvalue weighted by atomic mass is 35.5. The highest BCUT2D eigenvalue weighted by molar-refractivity contribution is 6.45. The van der Waals surface area contributed by atoms with Crippen LogP contribution in [0.1, 0.15) is 51.7 Å². The molecule has 1 fully saturated rings. The van der Waals surface area contributed by atoms with Crippen molar-refractivity contribution in [1.29, 1.82) is 0 Å². The van der Waals surface area contributed by atoms with Crippen LogP contribution in [0.15, 0.2) is 60.7 Å². The Bertz CT molecular complexity index is 781. The predicted octanol–water partition coefficient (Wildman–Crippen LogP) is 6.62. The largest absolute Gasteiger partial charge is 0.458 e. The molecule has 0 radical (unpaired) electrons. The molecule has 3 rings (SSSR count). The van der Waals surface area contributed by atoms with Gasteiger partial charge in [0, 0.05) is 10.9 Å². The van der Waals surface area contributed by atoms with Crippen molar-refractivity contribution in [2.45, 2.75) is 58.1 Å². The van der Waals surface area contributed by atoms with E-state index < -0.39 is 0 Å². The van der Waals surface area contributed by atoms with Crippen LogP contribution < -0.4 is 0 Å². The van der Waals surface area contributed by atoms with Crippen LogP contribution in [0.4, 0.5) is 0 Å². The average Bonchev–Trinajstić information content (AvgIpc) is 2.82. The molecule has 4 heteroatoms. The summed E-state index contributed by atoms with van der Waals surface area (Å²) in [5, 5.41) is 0.753. The second-order valence-corrected chi connectivity index (χ2v) is 8.73. The van der Waals surface area contributed by atoms with Crippen molar-refractivity contribution in [3.05, 3.63) is 76.8 Å². The first-order chi connectivity index (χ1) is 12.7. The van der Waals surface area contributed by atoms with Gasteiger partial charge in [0.25, 0.3) is 0 Å². The minimum Gasteiger partial charge on any atom is -0.403 e. The average molecular weight is 383 g/mol. The summed E-state index contributed by atoms with van der Waals surface area (Å²) in [6.07, 6.45) is 3.09. The van der Waals surface area contributed by atoms with Gasteiger partial charge in [0.1, 0.15) is 0 Å². The zero-order valence-corrected chi connectivity index (χ0v) is 17.6. The molecule has 1 aliphatic rings. The Morgan fingerprint density at radius 1 is 0.963 bits per heavy atom. The molecule has 0 amide bonds. The molecule has 1 atom stereocenters. The van der Waals surface area contributed by atoms with Gasteiger partial charge < -0.3 is 9.31 Å². The fourth-order valence-electron chi connectivity index (χ4n) is 3.38. The lowest BCUT2D eigenvalue weighted by molar-refractivity contribution is 0.00578. The van der Waals surface area contributed by atoms with Crippen LogP contribution in [0, 0.1) is 0 Å². The Labute approximate surface area is 168 Å². The van der Waals surface area contributed by atoms with Gasteiger partial charge in [-0.3, -0.25) is 0 Å². The summed E-state index contributed by atoms with van der Waals surface area (Å²) in [7, 11) is -0.227. The lowest BCUT2D eigenvalue weighted by Crippen LogP contribution is -2.41. The van der Waals surface area contributed by atoms with Crippen LogP contribution in [-0.2, 0) is 9.31 Å². The van der Waals surface area contributed by atoms with Gasteiger partial charge in [-0.2, -0.15) is 0 Å². The Morgan fingerprint density at radius 2 is 1.52 bits per heavy atom. The molecule has 27 heavy (non-hydrogen) atoms. The number of rotatable bonds is 5. The lowest BCUT2D eigenvalue weighted by atomic mass is 9.74. The summed E-state index contributed by atoms with van der Waals surface area (Å²) in [6.45, 7) is 10.5. The van der Waals surface area contributed by atoms with Crippen molar-refractivity contribution in [3.8, 4) is 0 Å². The molecule has 1 unspecified atom stereocenters. The van der Waals surface area contributed by atoms with Gasteiger partial charge >= 0.3 is 7.12 Å². The molecule has 2 aromatic rings. The summed E-state index contributed by atoms with van der Waals surface area (Å²) in [4.78, 5) is 0. The first-order valence-corrected chi connectivity index (χ1v) is 9.91. The molecule has 2 nitrogen and oxygen atoms in total. The van der Waals surface area contributed by atoms with Crippen LogP contribution in [-0.4, -0.2) is 18.3 Å². The minimum atomic E-state index is -0.312. The standard InChI is InChI=1S/C23H28BClO2/c1-17(18-11-13-21(25)14-12-18)15-20(19-9-7-6-8-10-19)16-24-26-22(2,3)23(4,5)27-24/h6-15,20H,16H2,1-5H3/b17-15+. The molecule has 1 aliphatic heterocycles. The van der Waals surface area contributed by atoms with E-state index in [-0.39, 0.29) is 24.2 Å². The number of allylic oxidation sites excluding steroid dienone is 2. The van der Waals surface area contributed by atoms with Crippen LogP contribution in [0.5, 0.6) is 0 Å². The van der Waals surface area contributed by atoms with Gasteiger partial charge in [-0.05, 0) is 69.8 Å². The Balaban J connectivity index is 1.86. The van der Waals surface area contributed by atoms with Crippen LogP contribution in [0.25, 0.3) is 5.57 Å². The smallest absolute Gasteiger partial charge is 0.403 e. The molecule has 142 valence electrons. The molecule has 0 spiro atoms. The summed E-state index contributed by atoms with van der Waals surface area (Å²) in [5.41, 5.74) is 3.04. The molecular weight excluding hydrogens is 355 g/mol. The maximum absolute atomic E-state index is 6.25. The monoisotopic (exact) mass is 382 g/mol. The molecule has 0 bridgehead atoms. The van der Waals surface area contributed by atoms with Crippen molar-refractivity contribution < 1.29 is 9.31 Å². The van der Waals surface area contributed by atoms with Crippen molar-refractivity contribution in [2.24, 2.45) is 0 Å². The van der Waals surface area contributed by atoms with E-state index in [1.54, 1.807) is 0 Å². The summed E-state index contributed by atoms with van der Waals surface area (Å²) < 4.78 is 12.5. The van der Waals surface area contributed by atoms with E-state index in [0.717, 1.165) is 11.3 Å². The van der Waals surface area contributed by atoms with E-state index in [2.05, 4.69) is 77.1 Å². The first kappa shape index (κ1) is 20.2. The van der Waals surface area contributed by atoms with Gasteiger partial charge in [-0.15, -0.1) is 0 Å². The topological polar surface area (TPSA) is 18.5 Å². The third-order valence-electron chi connectivity index (χ3n) is 5.73. The van der Waals surface area contributed by atoms with E-state index in [4.69, 9.17) is 20.9 Å². The van der Waals surface area contributed by atoms with Gasteiger partial charge in [-0.1, -0.05) is 60.1 Å². The second-order valence-electron chi connectivity index (χ2n) is 8.30. The quantitative estimate of drug-likeness (QED) is 0.541. The van der Waals surface area contributed by atoms with E-state index in [9.17, 15) is 0 Å². The van der Waals surface area contributed by atoms with Gasteiger partial charge in [0.15, 0.2) is 0 Å². The van der Waals surface area contributed by atoms with E-state index in [0.29, 0.717) is 0 Å². The lowest BCUT2D eigenvalue weighted by Gasteiger charge is -2.32. The normalized spacial score (nSPS) is 19.9.